The highest BCUT2D eigenvalue weighted by molar-refractivity contribution is 5.85. The highest BCUT2D eigenvalue weighted by atomic mass is 19.3. The Morgan fingerprint density at radius 2 is 1.71 bits per heavy atom. The van der Waals surface area contributed by atoms with Gasteiger partial charge in [-0.15, -0.1) is 0 Å². The van der Waals surface area contributed by atoms with Gasteiger partial charge in [-0.2, -0.15) is 13.8 Å². The van der Waals surface area contributed by atoms with Gasteiger partial charge in [0.15, 0.2) is 6.61 Å². The molecule has 0 aliphatic carbocycles. The Hall–Kier alpha value is -3.62. The fourth-order valence-electron chi connectivity index (χ4n) is 3.61. The topological polar surface area (TPSA) is 94.2 Å². The lowest BCUT2D eigenvalue weighted by Gasteiger charge is -2.21. The lowest BCUT2D eigenvalue weighted by molar-refractivity contribution is -0.133. The molecule has 0 unspecified atom stereocenters. The van der Waals surface area contributed by atoms with E-state index in [-0.39, 0.29) is 30.0 Å². The zero-order valence-electron chi connectivity index (χ0n) is 19.8. The van der Waals surface area contributed by atoms with E-state index in [9.17, 15) is 13.6 Å². The van der Waals surface area contributed by atoms with E-state index < -0.39 is 12.3 Å². The van der Waals surface area contributed by atoms with Crippen LogP contribution in [0.5, 0.6) is 5.88 Å². The first-order valence-electron chi connectivity index (χ1n) is 11.2. The molecule has 7 nitrogen and oxygen atoms in total. The number of rotatable bonds is 9. The van der Waals surface area contributed by atoms with E-state index >= 15 is 0 Å². The molecule has 0 atom stereocenters. The molecule has 3 rings (SSSR count). The van der Waals surface area contributed by atoms with Gasteiger partial charge in [0.25, 0.3) is 11.8 Å². The number of nitrogens with zero attached hydrogens (tertiary/aromatic N) is 4. The van der Waals surface area contributed by atoms with Crippen molar-refractivity contribution in [3.8, 4) is 28.3 Å². The summed E-state index contributed by atoms with van der Waals surface area (Å²) in [7, 11) is 0. The van der Waals surface area contributed by atoms with E-state index in [0.29, 0.717) is 41.2 Å². The second-order valence-corrected chi connectivity index (χ2v) is 7.77. The van der Waals surface area contributed by atoms with Gasteiger partial charge >= 0.3 is 0 Å². The molecule has 0 bridgehead atoms. The fraction of sp³-hybridized carbons (Fsp3) is 0.360. The van der Waals surface area contributed by atoms with Crippen molar-refractivity contribution in [1.29, 1.82) is 0 Å². The molecule has 1 aromatic carbocycles. The predicted molar refractivity (Wildman–Crippen MR) is 127 cm³/mol. The number of alkyl halides is 2. The Balaban J connectivity index is 2.21. The van der Waals surface area contributed by atoms with Crippen LogP contribution in [-0.4, -0.2) is 45.5 Å². The molecule has 0 fully saturated rings. The van der Waals surface area contributed by atoms with Crippen LogP contribution in [0.3, 0.4) is 0 Å². The van der Waals surface area contributed by atoms with Gasteiger partial charge in [-0.25, -0.2) is 4.98 Å². The van der Waals surface area contributed by atoms with Crippen LogP contribution in [0.1, 0.15) is 38.6 Å². The summed E-state index contributed by atoms with van der Waals surface area (Å²) in [6.07, 6.45) is -0.394. The molecule has 2 N–H and O–H groups in total. The standard InChI is InChI=1S/C25H29F2N5O2/c1-5-25(26,27)19-14-18(13-16(4)29-19)21-22(17-11-9-8-10-12-17)30-24(28)31-23(21)34-15-20(33)32(6-2)7-3/h8-14H,5-7,15H2,1-4H3,(H2,28,30,31). The van der Waals surface area contributed by atoms with Crippen molar-refractivity contribution in [1.82, 2.24) is 19.9 Å². The van der Waals surface area contributed by atoms with Crippen molar-refractivity contribution >= 4 is 11.9 Å². The quantitative estimate of drug-likeness (QED) is 0.482. The number of anilines is 1. The molecule has 0 radical (unpaired) electrons. The van der Waals surface area contributed by atoms with Crippen LogP contribution in [0, 0.1) is 6.92 Å². The minimum absolute atomic E-state index is 0.0447. The summed E-state index contributed by atoms with van der Waals surface area (Å²) >= 11 is 0. The monoisotopic (exact) mass is 469 g/mol. The molecular formula is C25H29F2N5O2. The van der Waals surface area contributed by atoms with Crippen LogP contribution in [0.2, 0.25) is 0 Å². The Kier molecular flexibility index (Phi) is 7.75. The summed E-state index contributed by atoms with van der Waals surface area (Å²) < 4.78 is 35.0. The first-order chi connectivity index (χ1) is 16.2. The Morgan fingerprint density at radius 3 is 2.32 bits per heavy atom. The van der Waals surface area contributed by atoms with E-state index in [1.54, 1.807) is 17.9 Å². The van der Waals surface area contributed by atoms with Crippen molar-refractivity contribution in [2.75, 3.05) is 25.4 Å². The largest absolute Gasteiger partial charge is 0.467 e. The number of ether oxygens (including phenoxy) is 1. The van der Waals surface area contributed by atoms with Gasteiger partial charge in [-0.3, -0.25) is 9.78 Å². The van der Waals surface area contributed by atoms with Gasteiger partial charge in [0, 0.05) is 30.8 Å². The number of amides is 1. The van der Waals surface area contributed by atoms with Gasteiger partial charge in [-0.1, -0.05) is 37.3 Å². The molecule has 0 aliphatic heterocycles. The highest BCUT2D eigenvalue weighted by Crippen LogP contribution is 2.40. The zero-order valence-corrected chi connectivity index (χ0v) is 19.8. The number of hydrogen-bond donors (Lipinski definition) is 1. The van der Waals surface area contributed by atoms with Crippen LogP contribution in [0.15, 0.2) is 42.5 Å². The SMILES string of the molecule is CCN(CC)C(=O)COc1nc(N)nc(-c2ccccc2)c1-c1cc(C)nc(C(F)(F)CC)c1. The lowest BCUT2D eigenvalue weighted by atomic mass is 9.98. The second kappa shape index (κ2) is 10.5. The summed E-state index contributed by atoms with van der Waals surface area (Å²) in [5.41, 5.74) is 7.91. The van der Waals surface area contributed by atoms with Crippen LogP contribution >= 0.6 is 0 Å². The number of nitrogens with two attached hydrogens (primary N) is 1. The highest BCUT2D eigenvalue weighted by Gasteiger charge is 2.32. The summed E-state index contributed by atoms with van der Waals surface area (Å²) in [4.78, 5) is 26.9. The summed E-state index contributed by atoms with van der Waals surface area (Å²) in [5, 5.41) is 0. The molecule has 9 heteroatoms. The van der Waals surface area contributed by atoms with E-state index in [4.69, 9.17) is 10.5 Å². The van der Waals surface area contributed by atoms with E-state index in [1.165, 1.54) is 13.0 Å². The van der Waals surface area contributed by atoms with Crippen molar-refractivity contribution in [3.05, 3.63) is 53.9 Å². The van der Waals surface area contributed by atoms with Crippen LogP contribution in [-0.2, 0) is 10.7 Å². The molecule has 0 saturated carbocycles. The Labute approximate surface area is 198 Å². The second-order valence-electron chi connectivity index (χ2n) is 7.77. The number of likely N-dealkylation sites (N-methyl/N-ethyl adjacent to an activating group) is 1. The van der Waals surface area contributed by atoms with Gasteiger partial charge in [0.1, 0.15) is 5.69 Å². The van der Waals surface area contributed by atoms with Crippen molar-refractivity contribution in [2.24, 2.45) is 0 Å². The number of aryl methyl sites for hydroxylation is 1. The molecule has 2 aromatic heterocycles. The third-order valence-electron chi connectivity index (χ3n) is 5.45. The molecule has 2 heterocycles. The number of benzene rings is 1. The normalized spacial score (nSPS) is 11.4. The van der Waals surface area contributed by atoms with E-state index in [1.807, 2.05) is 44.2 Å². The minimum atomic E-state index is -3.11. The van der Waals surface area contributed by atoms with Crippen LogP contribution in [0.25, 0.3) is 22.4 Å². The van der Waals surface area contributed by atoms with Gasteiger partial charge in [-0.05, 0) is 38.5 Å². The first kappa shape index (κ1) is 25.0. The number of halogens is 2. The Bertz CT molecular complexity index is 1150. The lowest BCUT2D eigenvalue weighted by Crippen LogP contribution is -2.34. The van der Waals surface area contributed by atoms with Gasteiger partial charge < -0.3 is 15.4 Å². The van der Waals surface area contributed by atoms with Crippen LogP contribution < -0.4 is 10.5 Å². The van der Waals surface area contributed by atoms with Gasteiger partial charge in [0.2, 0.25) is 11.8 Å². The summed E-state index contributed by atoms with van der Waals surface area (Å²) in [5.74, 6) is -3.35. The molecule has 0 saturated heterocycles. The zero-order chi connectivity index (χ0) is 24.9. The number of hydrogen-bond acceptors (Lipinski definition) is 6. The number of pyridine rings is 1. The average Bonchev–Trinajstić information content (AvgIpc) is 2.83. The fourth-order valence-corrected chi connectivity index (χ4v) is 3.61. The maximum absolute atomic E-state index is 14.6. The minimum Gasteiger partial charge on any atom is -0.467 e. The third-order valence-corrected chi connectivity index (χ3v) is 5.45. The molecule has 180 valence electrons. The van der Waals surface area contributed by atoms with Crippen LogP contribution in [0.4, 0.5) is 14.7 Å². The molecule has 1 amide bonds. The maximum atomic E-state index is 14.6. The molecule has 0 aliphatic rings. The predicted octanol–water partition coefficient (Wildman–Crippen LogP) is 4.85. The van der Waals surface area contributed by atoms with Crippen molar-refractivity contribution in [2.45, 2.75) is 40.0 Å². The van der Waals surface area contributed by atoms with Crippen molar-refractivity contribution in [3.63, 3.8) is 0 Å². The number of carbonyl (C=O) groups is 1. The molecule has 0 spiro atoms. The molecule has 34 heavy (non-hydrogen) atoms. The number of nitrogen functional groups attached to an aromatic ring is 1. The number of carbonyl (C=O) groups excluding carboxylic acids is 1. The molecular weight excluding hydrogens is 440 g/mol. The van der Waals surface area contributed by atoms with Crippen molar-refractivity contribution < 1.29 is 18.3 Å². The number of aromatic nitrogens is 3. The summed E-state index contributed by atoms with van der Waals surface area (Å²) in [6, 6.07) is 12.1. The summed E-state index contributed by atoms with van der Waals surface area (Å²) in [6.45, 7) is 7.58. The first-order valence-corrected chi connectivity index (χ1v) is 11.2. The third kappa shape index (κ3) is 5.47. The van der Waals surface area contributed by atoms with E-state index in [0.717, 1.165) is 0 Å². The van der Waals surface area contributed by atoms with E-state index in [2.05, 4.69) is 15.0 Å². The van der Waals surface area contributed by atoms with Gasteiger partial charge in [0.05, 0.1) is 11.3 Å². The molecule has 3 aromatic rings. The maximum Gasteiger partial charge on any atom is 0.289 e. The smallest absolute Gasteiger partial charge is 0.289 e. The Morgan fingerprint density at radius 1 is 1.03 bits per heavy atom. The average molecular weight is 470 g/mol.